The summed E-state index contributed by atoms with van der Waals surface area (Å²) in [5, 5.41) is 5.58. The molecular formula is C24H36N4O5S2. The maximum absolute atomic E-state index is 12.8. The van der Waals surface area contributed by atoms with Crippen molar-refractivity contribution in [2.24, 2.45) is 11.1 Å². The predicted octanol–water partition coefficient (Wildman–Crippen LogP) is 2.52. The van der Waals surface area contributed by atoms with Crippen molar-refractivity contribution in [3.05, 3.63) is 54.1 Å². The van der Waals surface area contributed by atoms with Gasteiger partial charge in [0, 0.05) is 44.8 Å². The van der Waals surface area contributed by atoms with Gasteiger partial charge in [0.25, 0.3) is 10.2 Å². The Labute approximate surface area is 209 Å². The lowest BCUT2D eigenvalue weighted by Crippen LogP contribution is -2.51. The Bertz CT molecular complexity index is 1200. The molecule has 1 saturated heterocycles. The number of anilines is 1. The third-order valence-corrected chi connectivity index (χ3v) is 9.05. The minimum absolute atomic E-state index is 0.0743. The van der Waals surface area contributed by atoms with Crippen molar-refractivity contribution in [2.75, 3.05) is 39.2 Å². The number of piperidine rings is 1. The first kappa shape index (κ1) is 27.4. The summed E-state index contributed by atoms with van der Waals surface area (Å²) >= 11 is 0. The van der Waals surface area contributed by atoms with Crippen LogP contribution in [0.15, 0.2) is 53.4 Å². The molecular weight excluding hydrogens is 488 g/mol. The van der Waals surface area contributed by atoms with E-state index in [0.717, 1.165) is 17.7 Å². The van der Waals surface area contributed by atoms with Gasteiger partial charge in [-0.2, -0.15) is 12.7 Å². The predicted molar refractivity (Wildman–Crippen MR) is 138 cm³/mol. The highest BCUT2D eigenvalue weighted by atomic mass is 32.2. The fraction of sp³-hybridized carbons (Fsp3) is 0.500. The quantitative estimate of drug-likeness (QED) is 0.493. The molecule has 3 N–H and O–H groups in total. The topological polar surface area (TPSA) is 122 Å². The number of ether oxygens (including phenoxy) is 1. The van der Waals surface area contributed by atoms with Crippen LogP contribution in [0, 0.1) is 5.92 Å². The van der Waals surface area contributed by atoms with Crippen LogP contribution in [0.5, 0.6) is 5.75 Å². The molecule has 194 valence electrons. The minimum Gasteiger partial charge on any atom is -0.497 e. The van der Waals surface area contributed by atoms with Crippen molar-refractivity contribution in [3.63, 3.8) is 0 Å². The third kappa shape index (κ3) is 6.95. The summed E-state index contributed by atoms with van der Waals surface area (Å²) in [5.41, 5.74) is 1.89. The normalized spacial score (nSPS) is 20.4. The largest absolute Gasteiger partial charge is 0.497 e. The van der Waals surface area contributed by atoms with Crippen molar-refractivity contribution >= 4 is 25.9 Å². The summed E-state index contributed by atoms with van der Waals surface area (Å²) in [6, 6.07) is 13.9. The number of methoxy groups -OCH3 is 1. The number of rotatable bonds is 10. The zero-order valence-electron chi connectivity index (χ0n) is 20.7. The maximum atomic E-state index is 12.8. The Morgan fingerprint density at radius 3 is 2.43 bits per heavy atom. The molecule has 35 heavy (non-hydrogen) atoms. The van der Waals surface area contributed by atoms with Crippen LogP contribution in [0.25, 0.3) is 0 Å². The van der Waals surface area contributed by atoms with Gasteiger partial charge in [-0.3, -0.25) is 0 Å². The molecule has 2 unspecified atom stereocenters. The summed E-state index contributed by atoms with van der Waals surface area (Å²) in [7, 11) is -2.24. The van der Waals surface area contributed by atoms with Crippen molar-refractivity contribution in [2.45, 2.75) is 43.0 Å². The van der Waals surface area contributed by atoms with E-state index in [2.05, 4.69) is 4.72 Å². The van der Waals surface area contributed by atoms with Gasteiger partial charge < -0.3 is 9.64 Å². The first-order valence-corrected chi connectivity index (χ1v) is 14.6. The molecule has 0 spiro atoms. The van der Waals surface area contributed by atoms with Gasteiger partial charge in [0.05, 0.1) is 12.0 Å². The Hall–Kier alpha value is -2.18. The van der Waals surface area contributed by atoms with Gasteiger partial charge in [-0.15, -0.1) is 0 Å². The van der Waals surface area contributed by atoms with Crippen LogP contribution in [0.2, 0.25) is 0 Å². The number of nitrogens with zero attached hydrogens (tertiary/aromatic N) is 2. The van der Waals surface area contributed by atoms with E-state index in [1.54, 1.807) is 31.4 Å². The molecule has 1 fully saturated rings. The second-order valence-corrected chi connectivity index (χ2v) is 12.6. The van der Waals surface area contributed by atoms with E-state index in [9.17, 15) is 16.8 Å². The van der Waals surface area contributed by atoms with E-state index in [1.807, 2.05) is 50.2 Å². The highest BCUT2D eigenvalue weighted by Gasteiger charge is 2.38. The zero-order valence-corrected chi connectivity index (χ0v) is 22.3. The molecule has 1 heterocycles. The lowest BCUT2D eigenvalue weighted by molar-refractivity contribution is 0.191. The average molecular weight is 525 g/mol. The number of nitrogens with two attached hydrogens (primary N) is 1. The van der Waals surface area contributed by atoms with Crippen LogP contribution in [0.3, 0.4) is 0 Å². The number of sulfonamides is 1. The summed E-state index contributed by atoms with van der Waals surface area (Å²) in [4.78, 5) is 2.08. The van der Waals surface area contributed by atoms with Crippen LogP contribution in [-0.4, -0.2) is 61.5 Å². The summed E-state index contributed by atoms with van der Waals surface area (Å²) < 4.78 is 59.9. The molecule has 11 heteroatoms. The highest BCUT2D eigenvalue weighted by molar-refractivity contribution is 7.89. The molecule has 0 aromatic heterocycles. The standard InChI is InChI=1S/C24H36N4O5S2/c1-18(17-26-34(29,30)22-12-10-20(11-13-22)27(2)3)15-24-23(9-6-14-28(24)35(25,31)32)19-7-5-8-21(16-19)33-4/h5,7-8,10-13,16,18,23-24,26H,6,9,14-15,17H2,1-4H3,(H2,25,31,32)/t18-,23?,24?/m0/s1. The van der Waals surface area contributed by atoms with Crippen molar-refractivity contribution in [1.82, 2.24) is 9.03 Å². The monoisotopic (exact) mass is 524 g/mol. The van der Waals surface area contributed by atoms with Crippen LogP contribution >= 0.6 is 0 Å². The van der Waals surface area contributed by atoms with Crippen LogP contribution < -0.4 is 19.5 Å². The molecule has 0 bridgehead atoms. The smallest absolute Gasteiger partial charge is 0.277 e. The molecule has 3 rings (SSSR count). The molecule has 3 atom stereocenters. The van der Waals surface area contributed by atoms with Gasteiger partial charge in [0.2, 0.25) is 10.0 Å². The molecule has 9 nitrogen and oxygen atoms in total. The molecule has 2 aromatic rings. The van der Waals surface area contributed by atoms with Crippen molar-refractivity contribution < 1.29 is 21.6 Å². The molecule has 1 aliphatic rings. The molecule has 0 aliphatic carbocycles. The molecule has 0 amide bonds. The number of hydrogen-bond donors (Lipinski definition) is 2. The lowest BCUT2D eigenvalue weighted by Gasteiger charge is -2.41. The minimum atomic E-state index is -3.92. The Kier molecular flexibility index (Phi) is 8.81. The summed E-state index contributed by atoms with van der Waals surface area (Å²) in [5.74, 6) is 0.496. The van der Waals surface area contributed by atoms with E-state index in [1.165, 1.54) is 4.31 Å². The van der Waals surface area contributed by atoms with E-state index >= 15 is 0 Å². The Balaban J connectivity index is 1.76. The molecule has 1 aliphatic heterocycles. The van der Waals surface area contributed by atoms with Gasteiger partial charge >= 0.3 is 0 Å². The Morgan fingerprint density at radius 2 is 1.83 bits per heavy atom. The number of benzene rings is 2. The zero-order chi connectivity index (χ0) is 25.8. The van der Waals surface area contributed by atoms with E-state index in [0.29, 0.717) is 25.1 Å². The molecule has 0 saturated carbocycles. The number of hydrogen-bond acceptors (Lipinski definition) is 6. The first-order chi connectivity index (χ1) is 16.4. The Morgan fingerprint density at radius 1 is 1.14 bits per heavy atom. The van der Waals surface area contributed by atoms with Gasteiger partial charge in [-0.25, -0.2) is 18.3 Å². The average Bonchev–Trinajstić information content (AvgIpc) is 2.82. The van der Waals surface area contributed by atoms with Gasteiger partial charge in [0.15, 0.2) is 0 Å². The first-order valence-electron chi connectivity index (χ1n) is 11.6. The second kappa shape index (κ2) is 11.3. The van der Waals surface area contributed by atoms with E-state index in [4.69, 9.17) is 9.88 Å². The highest BCUT2D eigenvalue weighted by Crippen LogP contribution is 2.37. The van der Waals surface area contributed by atoms with Crippen LogP contribution in [0.1, 0.15) is 37.7 Å². The van der Waals surface area contributed by atoms with E-state index in [-0.39, 0.29) is 29.3 Å². The van der Waals surface area contributed by atoms with Crippen LogP contribution in [0.4, 0.5) is 5.69 Å². The van der Waals surface area contributed by atoms with Crippen LogP contribution in [-0.2, 0) is 20.2 Å². The second-order valence-electron chi connectivity index (χ2n) is 9.33. The fourth-order valence-electron chi connectivity index (χ4n) is 4.64. The lowest BCUT2D eigenvalue weighted by atomic mass is 9.81. The van der Waals surface area contributed by atoms with E-state index < -0.39 is 20.2 Å². The summed E-state index contributed by atoms with van der Waals surface area (Å²) in [6.45, 7) is 2.44. The summed E-state index contributed by atoms with van der Waals surface area (Å²) in [6.07, 6.45) is 1.96. The molecule has 2 aromatic carbocycles. The fourth-order valence-corrected chi connectivity index (χ4v) is 6.80. The SMILES string of the molecule is COc1cccc(C2CCCN(S(N)(=O)=O)C2C[C@H](C)CNS(=O)(=O)c2ccc(N(C)C)cc2)c1. The number of nitrogens with one attached hydrogen (secondary N) is 1. The van der Waals surface area contributed by atoms with Gasteiger partial charge in [-0.05, 0) is 67.1 Å². The molecule has 0 radical (unpaired) electrons. The van der Waals surface area contributed by atoms with Crippen molar-refractivity contribution in [3.8, 4) is 5.75 Å². The third-order valence-electron chi connectivity index (χ3n) is 6.51. The maximum Gasteiger partial charge on any atom is 0.277 e. The van der Waals surface area contributed by atoms with Crippen molar-refractivity contribution in [1.29, 1.82) is 0 Å². The van der Waals surface area contributed by atoms with Gasteiger partial charge in [0.1, 0.15) is 5.75 Å². The van der Waals surface area contributed by atoms with Gasteiger partial charge in [-0.1, -0.05) is 19.1 Å².